The molecule has 1 aliphatic carbocycles. The van der Waals surface area contributed by atoms with Crippen LogP contribution in [0.1, 0.15) is 39.0 Å². The second-order valence-electron chi connectivity index (χ2n) is 4.96. The molecule has 1 fully saturated rings. The van der Waals surface area contributed by atoms with Crippen molar-refractivity contribution in [2.24, 2.45) is 5.92 Å². The molecule has 0 saturated heterocycles. The Morgan fingerprint density at radius 3 is 2.72 bits per heavy atom. The van der Waals surface area contributed by atoms with Crippen LogP contribution >= 0.6 is 0 Å². The van der Waals surface area contributed by atoms with Crippen molar-refractivity contribution in [2.75, 3.05) is 18.5 Å². The lowest BCUT2D eigenvalue weighted by molar-refractivity contribution is 0.321. The summed E-state index contributed by atoms with van der Waals surface area (Å²) in [6, 6.07) is 5.10. The largest absolute Gasteiger partial charge is 0.491 e. The molecule has 0 bridgehead atoms. The van der Waals surface area contributed by atoms with Crippen molar-refractivity contribution in [3.05, 3.63) is 24.0 Å². The number of ether oxygens (including phenoxy) is 1. The van der Waals surface area contributed by atoms with Gasteiger partial charge in [0, 0.05) is 18.3 Å². The first-order valence-corrected chi connectivity index (χ1v) is 6.96. The van der Waals surface area contributed by atoms with Crippen LogP contribution in [0.25, 0.3) is 0 Å². The summed E-state index contributed by atoms with van der Waals surface area (Å²) in [5.41, 5.74) is 0.849. The zero-order valence-corrected chi connectivity index (χ0v) is 11.0. The van der Waals surface area contributed by atoms with Gasteiger partial charge in [-0.05, 0) is 37.8 Å². The Bertz CT molecular complexity index is 375. The highest BCUT2D eigenvalue weighted by Crippen LogP contribution is 2.25. The van der Waals surface area contributed by atoms with E-state index in [4.69, 9.17) is 4.74 Å². The van der Waals surface area contributed by atoms with Crippen LogP contribution in [-0.2, 0) is 0 Å². The molecule has 0 aromatic heterocycles. The van der Waals surface area contributed by atoms with E-state index in [0.717, 1.165) is 18.2 Å². The molecule has 2 nitrogen and oxygen atoms in total. The summed E-state index contributed by atoms with van der Waals surface area (Å²) < 4.78 is 18.8. The molecule has 0 aliphatic heterocycles. The van der Waals surface area contributed by atoms with E-state index < -0.39 is 0 Å². The van der Waals surface area contributed by atoms with Gasteiger partial charge in [0.2, 0.25) is 0 Å². The predicted octanol–water partition coefficient (Wildman–Crippen LogP) is 4.22. The summed E-state index contributed by atoms with van der Waals surface area (Å²) in [6.07, 6.45) is 6.64. The number of hydrogen-bond acceptors (Lipinski definition) is 2. The fourth-order valence-corrected chi connectivity index (χ4v) is 2.54. The number of halogens is 1. The minimum atomic E-state index is -0.287. The lowest BCUT2D eigenvalue weighted by Crippen LogP contribution is -2.17. The molecule has 0 atom stereocenters. The van der Waals surface area contributed by atoms with Crippen LogP contribution in [0.15, 0.2) is 18.2 Å². The summed E-state index contributed by atoms with van der Waals surface area (Å²) in [7, 11) is 0. The summed E-state index contributed by atoms with van der Waals surface area (Å²) in [5.74, 6) is 0.791. The molecule has 0 amide bonds. The quantitative estimate of drug-likeness (QED) is 0.846. The average molecular weight is 251 g/mol. The highest BCUT2D eigenvalue weighted by Gasteiger charge is 2.13. The van der Waals surface area contributed by atoms with Crippen molar-refractivity contribution in [3.63, 3.8) is 0 Å². The van der Waals surface area contributed by atoms with Gasteiger partial charge in [-0.1, -0.05) is 19.3 Å². The van der Waals surface area contributed by atoms with E-state index in [1.54, 1.807) is 6.07 Å². The summed E-state index contributed by atoms with van der Waals surface area (Å²) in [5, 5.41) is 3.33. The highest BCUT2D eigenvalue weighted by atomic mass is 19.1. The molecule has 2 rings (SSSR count). The van der Waals surface area contributed by atoms with Crippen LogP contribution in [0.3, 0.4) is 0 Å². The standard InChI is InChI=1S/C15H22FNO/c1-2-18-15-9-8-13(10-14(15)16)17-11-12-6-4-3-5-7-12/h8-10,12,17H,2-7,11H2,1H3. The SMILES string of the molecule is CCOc1ccc(NCC2CCCCC2)cc1F. The molecule has 0 unspecified atom stereocenters. The Labute approximate surface area is 109 Å². The van der Waals surface area contributed by atoms with Crippen LogP contribution in [0.5, 0.6) is 5.75 Å². The maximum Gasteiger partial charge on any atom is 0.167 e. The van der Waals surface area contributed by atoms with Gasteiger partial charge in [0.1, 0.15) is 0 Å². The van der Waals surface area contributed by atoms with Gasteiger partial charge in [0.05, 0.1) is 6.61 Å². The second kappa shape index (κ2) is 6.62. The minimum absolute atomic E-state index is 0.287. The van der Waals surface area contributed by atoms with Crippen molar-refractivity contribution in [1.29, 1.82) is 0 Å². The molecule has 0 heterocycles. The number of benzene rings is 1. The van der Waals surface area contributed by atoms with Crippen molar-refractivity contribution < 1.29 is 9.13 Å². The third-order valence-corrected chi connectivity index (χ3v) is 3.55. The molecule has 18 heavy (non-hydrogen) atoms. The highest BCUT2D eigenvalue weighted by molar-refractivity contribution is 5.47. The Morgan fingerprint density at radius 2 is 2.06 bits per heavy atom. The van der Waals surface area contributed by atoms with Gasteiger partial charge in [-0.25, -0.2) is 4.39 Å². The van der Waals surface area contributed by atoms with E-state index in [0.29, 0.717) is 12.4 Å². The van der Waals surface area contributed by atoms with Crippen molar-refractivity contribution in [2.45, 2.75) is 39.0 Å². The number of hydrogen-bond donors (Lipinski definition) is 1. The van der Waals surface area contributed by atoms with Gasteiger partial charge in [-0.2, -0.15) is 0 Å². The maximum absolute atomic E-state index is 13.6. The van der Waals surface area contributed by atoms with Crippen LogP contribution in [0.4, 0.5) is 10.1 Å². The molecule has 1 N–H and O–H groups in total. The monoisotopic (exact) mass is 251 g/mol. The number of nitrogens with one attached hydrogen (secondary N) is 1. The predicted molar refractivity (Wildman–Crippen MR) is 72.6 cm³/mol. The Kier molecular flexibility index (Phi) is 4.85. The second-order valence-corrected chi connectivity index (χ2v) is 4.96. The third kappa shape index (κ3) is 3.62. The molecule has 0 radical (unpaired) electrons. The molecule has 100 valence electrons. The van der Waals surface area contributed by atoms with Crippen molar-refractivity contribution in [1.82, 2.24) is 0 Å². The van der Waals surface area contributed by atoms with Crippen LogP contribution in [-0.4, -0.2) is 13.2 Å². The van der Waals surface area contributed by atoms with Gasteiger partial charge >= 0.3 is 0 Å². The molecular weight excluding hydrogens is 229 g/mol. The fourth-order valence-electron chi connectivity index (χ4n) is 2.54. The lowest BCUT2D eigenvalue weighted by Gasteiger charge is -2.22. The molecular formula is C15H22FNO. The topological polar surface area (TPSA) is 21.3 Å². The average Bonchev–Trinajstić information content (AvgIpc) is 2.41. The molecule has 1 aromatic carbocycles. The van der Waals surface area contributed by atoms with Crippen LogP contribution in [0, 0.1) is 11.7 Å². The van der Waals surface area contributed by atoms with Crippen molar-refractivity contribution >= 4 is 5.69 Å². The molecule has 0 spiro atoms. The first kappa shape index (κ1) is 13.2. The molecule has 1 aliphatic rings. The Balaban J connectivity index is 1.87. The van der Waals surface area contributed by atoms with E-state index in [1.165, 1.54) is 38.2 Å². The molecule has 1 aromatic rings. The zero-order chi connectivity index (χ0) is 12.8. The lowest BCUT2D eigenvalue weighted by atomic mass is 9.89. The van der Waals surface area contributed by atoms with E-state index >= 15 is 0 Å². The summed E-state index contributed by atoms with van der Waals surface area (Å²) >= 11 is 0. The summed E-state index contributed by atoms with van der Waals surface area (Å²) in [4.78, 5) is 0. The minimum Gasteiger partial charge on any atom is -0.491 e. The van der Waals surface area contributed by atoms with Crippen LogP contribution in [0.2, 0.25) is 0 Å². The van der Waals surface area contributed by atoms with Gasteiger partial charge < -0.3 is 10.1 Å². The number of rotatable bonds is 5. The maximum atomic E-state index is 13.6. The van der Waals surface area contributed by atoms with Gasteiger partial charge in [0.25, 0.3) is 0 Å². The number of anilines is 1. The Hall–Kier alpha value is -1.25. The van der Waals surface area contributed by atoms with Gasteiger partial charge in [-0.15, -0.1) is 0 Å². The Morgan fingerprint density at radius 1 is 1.28 bits per heavy atom. The normalized spacial score (nSPS) is 16.6. The van der Waals surface area contributed by atoms with E-state index in [2.05, 4.69) is 5.32 Å². The van der Waals surface area contributed by atoms with Gasteiger partial charge in [-0.3, -0.25) is 0 Å². The first-order chi connectivity index (χ1) is 8.79. The van der Waals surface area contributed by atoms with Gasteiger partial charge in [0.15, 0.2) is 11.6 Å². The first-order valence-electron chi connectivity index (χ1n) is 6.96. The van der Waals surface area contributed by atoms with E-state index in [1.807, 2.05) is 13.0 Å². The zero-order valence-electron chi connectivity index (χ0n) is 11.0. The smallest absolute Gasteiger partial charge is 0.167 e. The summed E-state index contributed by atoms with van der Waals surface area (Å²) in [6.45, 7) is 3.30. The van der Waals surface area contributed by atoms with Crippen molar-refractivity contribution in [3.8, 4) is 5.75 Å². The van der Waals surface area contributed by atoms with Crippen LogP contribution < -0.4 is 10.1 Å². The fraction of sp³-hybridized carbons (Fsp3) is 0.600. The molecule has 1 saturated carbocycles. The third-order valence-electron chi connectivity index (χ3n) is 3.55. The van der Waals surface area contributed by atoms with E-state index in [9.17, 15) is 4.39 Å². The molecule has 3 heteroatoms. The van der Waals surface area contributed by atoms with E-state index in [-0.39, 0.29) is 5.82 Å².